The minimum absolute atomic E-state index is 0.0147. The molecule has 1 rings (SSSR count). The van der Waals surface area contributed by atoms with Crippen LogP contribution in [0.1, 0.15) is 31.1 Å². The van der Waals surface area contributed by atoms with Gasteiger partial charge in [-0.15, -0.1) is 0 Å². The molecule has 0 spiro atoms. The van der Waals surface area contributed by atoms with Crippen molar-refractivity contribution in [2.45, 2.75) is 26.4 Å². The molecule has 1 unspecified atom stereocenters. The summed E-state index contributed by atoms with van der Waals surface area (Å²) in [5, 5.41) is 0. The van der Waals surface area contributed by atoms with E-state index in [0.717, 1.165) is 0 Å². The fourth-order valence-corrected chi connectivity index (χ4v) is 1.73. The number of benzene rings is 1. The lowest BCUT2D eigenvalue weighted by Gasteiger charge is -2.15. The zero-order valence-corrected chi connectivity index (χ0v) is 10.5. The maximum Gasteiger partial charge on any atom is 0.161 e. The van der Waals surface area contributed by atoms with Gasteiger partial charge in [-0.25, -0.2) is 4.39 Å². The molecule has 0 aliphatic carbocycles. The smallest absolute Gasteiger partial charge is 0.161 e. The number of methoxy groups -OCH3 is 2. The molecule has 0 bridgehead atoms. The Morgan fingerprint density at radius 1 is 1.29 bits per heavy atom. The van der Waals surface area contributed by atoms with Crippen molar-refractivity contribution in [1.82, 2.24) is 0 Å². The lowest BCUT2D eigenvalue weighted by atomic mass is 9.99. The molecule has 0 aliphatic heterocycles. The van der Waals surface area contributed by atoms with Gasteiger partial charge in [0, 0.05) is 6.42 Å². The standard InChI is InChI=1S/C13H17FO3/c1-8(15)5-10-6-12(16-3)13(17-4)7-11(10)9(2)14/h6-7,9H,5H2,1-4H3. The molecular formula is C13H17FO3. The van der Waals surface area contributed by atoms with Gasteiger partial charge in [0.1, 0.15) is 12.0 Å². The van der Waals surface area contributed by atoms with Gasteiger partial charge in [-0.3, -0.25) is 4.79 Å². The first-order valence-corrected chi connectivity index (χ1v) is 5.37. The first-order valence-electron chi connectivity index (χ1n) is 5.37. The molecule has 1 aromatic rings. The Kier molecular flexibility index (Phi) is 4.49. The van der Waals surface area contributed by atoms with Crippen molar-refractivity contribution < 1.29 is 18.7 Å². The fourth-order valence-electron chi connectivity index (χ4n) is 1.73. The molecule has 3 nitrogen and oxygen atoms in total. The van der Waals surface area contributed by atoms with Crippen LogP contribution in [0.25, 0.3) is 0 Å². The highest BCUT2D eigenvalue weighted by molar-refractivity contribution is 5.79. The van der Waals surface area contributed by atoms with Crippen LogP contribution in [0.5, 0.6) is 11.5 Å². The number of rotatable bonds is 5. The zero-order valence-electron chi connectivity index (χ0n) is 10.5. The van der Waals surface area contributed by atoms with Gasteiger partial charge in [0.05, 0.1) is 14.2 Å². The summed E-state index contributed by atoms with van der Waals surface area (Å²) in [6.45, 7) is 2.91. The fraction of sp³-hybridized carbons (Fsp3) is 0.462. The summed E-state index contributed by atoms with van der Waals surface area (Å²) in [5.74, 6) is 0.964. The van der Waals surface area contributed by atoms with Gasteiger partial charge >= 0.3 is 0 Å². The molecule has 0 N–H and O–H groups in total. The first-order chi connectivity index (χ1) is 7.99. The topological polar surface area (TPSA) is 35.5 Å². The molecule has 0 saturated heterocycles. The number of ether oxygens (including phenoxy) is 2. The SMILES string of the molecule is COc1cc(CC(C)=O)c(C(C)F)cc1OC. The molecule has 0 radical (unpaired) electrons. The summed E-state index contributed by atoms with van der Waals surface area (Å²) in [5.41, 5.74) is 1.11. The van der Waals surface area contributed by atoms with Crippen LogP contribution in [0, 0.1) is 0 Å². The highest BCUT2D eigenvalue weighted by Crippen LogP contribution is 2.34. The number of ketones is 1. The Balaban J connectivity index is 3.29. The molecule has 0 amide bonds. The third kappa shape index (κ3) is 3.19. The predicted molar refractivity (Wildman–Crippen MR) is 63.5 cm³/mol. The molecule has 1 aromatic carbocycles. The van der Waals surface area contributed by atoms with E-state index in [2.05, 4.69) is 0 Å². The lowest BCUT2D eigenvalue weighted by Crippen LogP contribution is -2.04. The van der Waals surface area contributed by atoms with Gasteiger partial charge in [0.15, 0.2) is 11.5 Å². The van der Waals surface area contributed by atoms with Crippen LogP contribution in [-0.2, 0) is 11.2 Å². The number of alkyl halides is 1. The second-order valence-electron chi connectivity index (χ2n) is 3.90. The van der Waals surface area contributed by atoms with Crippen molar-refractivity contribution in [3.8, 4) is 11.5 Å². The number of Topliss-reactive ketones (excluding diaryl/α,β-unsaturated/α-hetero) is 1. The molecule has 0 aromatic heterocycles. The van der Waals surface area contributed by atoms with E-state index >= 15 is 0 Å². The second-order valence-corrected chi connectivity index (χ2v) is 3.90. The van der Waals surface area contributed by atoms with Crippen LogP contribution >= 0.6 is 0 Å². The molecule has 94 valence electrons. The quantitative estimate of drug-likeness (QED) is 0.793. The van der Waals surface area contributed by atoms with Crippen molar-refractivity contribution in [1.29, 1.82) is 0 Å². The van der Waals surface area contributed by atoms with Gasteiger partial charge in [-0.1, -0.05) is 0 Å². The van der Waals surface area contributed by atoms with Gasteiger partial charge in [0.2, 0.25) is 0 Å². The van der Waals surface area contributed by atoms with Crippen molar-refractivity contribution in [2.24, 2.45) is 0 Å². The van der Waals surface area contributed by atoms with Gasteiger partial charge < -0.3 is 9.47 Å². The number of carbonyl (C=O) groups excluding carboxylic acids is 1. The number of carbonyl (C=O) groups is 1. The van der Waals surface area contributed by atoms with E-state index < -0.39 is 6.17 Å². The van der Waals surface area contributed by atoms with Crippen LogP contribution in [0.4, 0.5) is 4.39 Å². The lowest BCUT2D eigenvalue weighted by molar-refractivity contribution is -0.116. The van der Waals surface area contributed by atoms with Crippen LogP contribution in [-0.4, -0.2) is 20.0 Å². The highest BCUT2D eigenvalue weighted by Gasteiger charge is 2.16. The summed E-state index contributed by atoms with van der Waals surface area (Å²) < 4.78 is 23.7. The van der Waals surface area contributed by atoms with Gasteiger partial charge in [0.25, 0.3) is 0 Å². The molecule has 17 heavy (non-hydrogen) atoms. The molecule has 4 heteroatoms. The van der Waals surface area contributed by atoms with E-state index in [1.54, 1.807) is 12.1 Å². The molecule has 0 fully saturated rings. The van der Waals surface area contributed by atoms with Crippen molar-refractivity contribution in [3.63, 3.8) is 0 Å². The van der Waals surface area contributed by atoms with Crippen molar-refractivity contribution >= 4 is 5.78 Å². The third-order valence-corrected chi connectivity index (χ3v) is 2.51. The summed E-state index contributed by atoms with van der Waals surface area (Å²) >= 11 is 0. The third-order valence-electron chi connectivity index (χ3n) is 2.51. The number of hydrogen-bond acceptors (Lipinski definition) is 3. The van der Waals surface area contributed by atoms with Crippen LogP contribution in [0.3, 0.4) is 0 Å². The minimum atomic E-state index is -1.15. The van der Waals surface area contributed by atoms with Crippen molar-refractivity contribution in [2.75, 3.05) is 14.2 Å². The molecular weight excluding hydrogens is 223 g/mol. The first kappa shape index (κ1) is 13.5. The maximum absolute atomic E-state index is 13.5. The number of halogens is 1. The Morgan fingerprint density at radius 2 is 1.82 bits per heavy atom. The normalized spacial score (nSPS) is 12.1. The van der Waals surface area contributed by atoms with E-state index in [0.29, 0.717) is 22.6 Å². The van der Waals surface area contributed by atoms with Crippen LogP contribution < -0.4 is 9.47 Å². The Hall–Kier alpha value is -1.58. The van der Waals surface area contributed by atoms with Gasteiger partial charge in [-0.2, -0.15) is 0 Å². The summed E-state index contributed by atoms with van der Waals surface area (Å²) in [7, 11) is 3.00. The molecule has 0 heterocycles. The van der Waals surface area contributed by atoms with E-state index in [9.17, 15) is 9.18 Å². The molecule has 0 aliphatic rings. The van der Waals surface area contributed by atoms with Crippen LogP contribution in [0.15, 0.2) is 12.1 Å². The average Bonchev–Trinajstić information content (AvgIpc) is 2.27. The van der Waals surface area contributed by atoms with Crippen molar-refractivity contribution in [3.05, 3.63) is 23.3 Å². The summed E-state index contributed by atoms with van der Waals surface area (Å²) in [6.07, 6.45) is -0.951. The van der Waals surface area contributed by atoms with E-state index in [4.69, 9.17) is 9.47 Å². The number of hydrogen-bond donors (Lipinski definition) is 0. The highest BCUT2D eigenvalue weighted by atomic mass is 19.1. The Labute approximate surface area is 101 Å². The minimum Gasteiger partial charge on any atom is -0.493 e. The van der Waals surface area contributed by atoms with Crippen LogP contribution in [0.2, 0.25) is 0 Å². The van der Waals surface area contributed by atoms with E-state index in [-0.39, 0.29) is 12.2 Å². The summed E-state index contributed by atoms with van der Waals surface area (Å²) in [4.78, 5) is 11.1. The maximum atomic E-state index is 13.5. The van der Waals surface area contributed by atoms with Gasteiger partial charge in [-0.05, 0) is 37.1 Å². The summed E-state index contributed by atoms with van der Waals surface area (Å²) in [6, 6.07) is 3.24. The molecule has 1 atom stereocenters. The average molecular weight is 240 g/mol. The van der Waals surface area contributed by atoms with E-state index in [1.165, 1.54) is 28.1 Å². The largest absolute Gasteiger partial charge is 0.493 e. The zero-order chi connectivity index (χ0) is 13.0. The Morgan fingerprint density at radius 3 is 2.24 bits per heavy atom. The second kappa shape index (κ2) is 5.66. The Bertz CT molecular complexity index is 413. The monoisotopic (exact) mass is 240 g/mol. The molecule has 0 saturated carbocycles. The van der Waals surface area contributed by atoms with E-state index in [1.807, 2.05) is 0 Å². The predicted octanol–water partition coefficient (Wildman–Crippen LogP) is 2.87.